The molecule has 0 saturated carbocycles. The van der Waals surface area contributed by atoms with Crippen molar-refractivity contribution in [2.24, 2.45) is 0 Å². The average Bonchev–Trinajstić information content (AvgIpc) is 2.48. The van der Waals surface area contributed by atoms with Crippen LogP contribution < -0.4 is 5.32 Å². The van der Waals surface area contributed by atoms with Crippen LogP contribution in [0.2, 0.25) is 0 Å². The molecule has 0 aromatic rings. The van der Waals surface area contributed by atoms with Gasteiger partial charge in [0.1, 0.15) is 6.61 Å². The maximum absolute atomic E-state index is 11.1. The van der Waals surface area contributed by atoms with Gasteiger partial charge in [0.2, 0.25) is 5.91 Å². The number of carbonyl (C=O) groups excluding carboxylic acids is 1. The van der Waals surface area contributed by atoms with Crippen LogP contribution in [0.5, 0.6) is 0 Å². The van der Waals surface area contributed by atoms with E-state index in [0.29, 0.717) is 65.8 Å². The molecule has 21 heavy (non-hydrogen) atoms. The molecule has 0 aromatic heterocycles. The quantitative estimate of drug-likeness (QED) is 0.354. The van der Waals surface area contributed by atoms with Crippen molar-refractivity contribution in [2.75, 3.05) is 59.4 Å². The summed E-state index contributed by atoms with van der Waals surface area (Å²) in [4.78, 5) is 11.1. The Morgan fingerprint density at radius 1 is 0.952 bits per heavy atom. The van der Waals surface area contributed by atoms with Crippen molar-refractivity contribution >= 4 is 5.91 Å². The Balaban J connectivity index is 3.03. The van der Waals surface area contributed by atoms with Crippen LogP contribution in [0, 0.1) is 12.3 Å². The third-order valence-corrected chi connectivity index (χ3v) is 2.35. The number of hydrogen-bond donors (Lipinski definition) is 1. The van der Waals surface area contributed by atoms with E-state index < -0.39 is 0 Å². The molecule has 6 nitrogen and oxygen atoms in total. The molecule has 0 aliphatic carbocycles. The van der Waals surface area contributed by atoms with Crippen molar-refractivity contribution in [1.29, 1.82) is 0 Å². The number of hydrogen-bond acceptors (Lipinski definition) is 5. The summed E-state index contributed by atoms with van der Waals surface area (Å²) in [5.74, 6) is 2.45. The van der Waals surface area contributed by atoms with Gasteiger partial charge >= 0.3 is 0 Å². The summed E-state index contributed by atoms with van der Waals surface area (Å²) in [7, 11) is 0. The molecule has 0 atom stereocenters. The Labute approximate surface area is 127 Å². The lowest BCUT2D eigenvalue weighted by molar-refractivity contribution is -0.121. The van der Waals surface area contributed by atoms with Gasteiger partial charge in [0.05, 0.1) is 46.2 Å². The highest BCUT2D eigenvalue weighted by molar-refractivity contribution is 5.75. The highest BCUT2D eigenvalue weighted by Crippen LogP contribution is 1.85. The zero-order chi connectivity index (χ0) is 15.6. The molecule has 0 saturated heterocycles. The van der Waals surface area contributed by atoms with Crippen molar-refractivity contribution in [1.82, 2.24) is 5.32 Å². The first-order valence-corrected chi connectivity index (χ1v) is 7.32. The van der Waals surface area contributed by atoms with E-state index in [1.165, 1.54) is 0 Å². The molecule has 0 spiro atoms. The first kappa shape index (κ1) is 19.9. The van der Waals surface area contributed by atoms with Crippen LogP contribution in [-0.2, 0) is 23.7 Å². The Bertz CT molecular complexity index is 278. The molecular weight excluding hydrogens is 274 g/mol. The molecule has 0 radical (unpaired) electrons. The highest BCUT2D eigenvalue weighted by Gasteiger charge is 1.97. The van der Waals surface area contributed by atoms with Crippen molar-refractivity contribution < 1.29 is 23.7 Å². The highest BCUT2D eigenvalue weighted by atomic mass is 16.6. The van der Waals surface area contributed by atoms with Gasteiger partial charge in [-0.05, 0) is 6.42 Å². The summed E-state index contributed by atoms with van der Waals surface area (Å²) < 4.78 is 20.9. The maximum Gasteiger partial charge on any atom is 0.220 e. The van der Waals surface area contributed by atoms with E-state index in [0.717, 1.165) is 6.42 Å². The SMILES string of the molecule is C#CCOCCOCCOCCOCCNC(=O)CCC. The zero-order valence-corrected chi connectivity index (χ0v) is 12.9. The van der Waals surface area contributed by atoms with Crippen LogP contribution >= 0.6 is 0 Å². The van der Waals surface area contributed by atoms with Crippen LogP contribution in [0.4, 0.5) is 0 Å². The normalized spacial score (nSPS) is 10.3. The Morgan fingerprint density at radius 2 is 1.48 bits per heavy atom. The van der Waals surface area contributed by atoms with Gasteiger partial charge in [0.25, 0.3) is 0 Å². The molecule has 1 amide bonds. The van der Waals surface area contributed by atoms with Gasteiger partial charge in [-0.1, -0.05) is 12.8 Å². The third-order valence-electron chi connectivity index (χ3n) is 2.35. The number of carbonyl (C=O) groups is 1. The predicted molar refractivity (Wildman–Crippen MR) is 80.0 cm³/mol. The van der Waals surface area contributed by atoms with E-state index in [1.807, 2.05) is 6.92 Å². The molecule has 0 rings (SSSR count). The molecule has 122 valence electrons. The van der Waals surface area contributed by atoms with E-state index in [-0.39, 0.29) is 5.91 Å². The first-order chi connectivity index (χ1) is 10.3. The number of terminal acetylenes is 1. The summed E-state index contributed by atoms with van der Waals surface area (Å²) in [6.45, 7) is 6.40. The molecule has 0 heterocycles. The summed E-state index contributed by atoms with van der Waals surface area (Å²) in [5.41, 5.74) is 0. The zero-order valence-electron chi connectivity index (χ0n) is 12.9. The fourth-order valence-electron chi connectivity index (χ4n) is 1.37. The molecule has 0 aliphatic rings. The fraction of sp³-hybridized carbons (Fsp3) is 0.800. The smallest absolute Gasteiger partial charge is 0.220 e. The van der Waals surface area contributed by atoms with Gasteiger partial charge in [-0.3, -0.25) is 4.79 Å². The largest absolute Gasteiger partial charge is 0.377 e. The molecule has 0 aromatic carbocycles. The molecular formula is C15H27NO5. The molecule has 0 aliphatic heterocycles. The number of ether oxygens (including phenoxy) is 4. The molecule has 1 N–H and O–H groups in total. The van der Waals surface area contributed by atoms with E-state index >= 15 is 0 Å². The van der Waals surface area contributed by atoms with Crippen LogP contribution in [0.1, 0.15) is 19.8 Å². The van der Waals surface area contributed by atoms with Gasteiger partial charge < -0.3 is 24.3 Å². The van der Waals surface area contributed by atoms with Crippen LogP contribution in [0.3, 0.4) is 0 Å². The average molecular weight is 301 g/mol. The van der Waals surface area contributed by atoms with Gasteiger partial charge in [-0.2, -0.15) is 0 Å². The van der Waals surface area contributed by atoms with Crippen LogP contribution in [0.15, 0.2) is 0 Å². The molecule has 0 bridgehead atoms. The minimum Gasteiger partial charge on any atom is -0.377 e. The van der Waals surface area contributed by atoms with Gasteiger partial charge in [0, 0.05) is 13.0 Å². The van der Waals surface area contributed by atoms with E-state index in [1.54, 1.807) is 0 Å². The summed E-state index contributed by atoms with van der Waals surface area (Å²) >= 11 is 0. The van der Waals surface area contributed by atoms with Crippen molar-refractivity contribution in [3.05, 3.63) is 0 Å². The second kappa shape index (κ2) is 16.9. The first-order valence-electron chi connectivity index (χ1n) is 7.32. The monoisotopic (exact) mass is 301 g/mol. The van der Waals surface area contributed by atoms with Gasteiger partial charge in [-0.25, -0.2) is 0 Å². The second-order valence-corrected chi connectivity index (χ2v) is 4.19. The lowest BCUT2D eigenvalue weighted by Gasteiger charge is -2.07. The second-order valence-electron chi connectivity index (χ2n) is 4.19. The van der Waals surface area contributed by atoms with Gasteiger partial charge in [-0.15, -0.1) is 6.42 Å². The van der Waals surface area contributed by atoms with Gasteiger partial charge in [0.15, 0.2) is 0 Å². The number of nitrogens with one attached hydrogen (secondary N) is 1. The number of amides is 1. The standard InChI is InChI=1S/C15H27NO5/c1-3-5-15(17)16-6-8-19-10-12-21-14-13-20-11-9-18-7-4-2/h2H,3,5-14H2,1H3,(H,16,17). The molecule has 0 fully saturated rings. The summed E-state index contributed by atoms with van der Waals surface area (Å²) in [5, 5.41) is 2.77. The topological polar surface area (TPSA) is 66.0 Å². The maximum atomic E-state index is 11.1. The Kier molecular flexibility index (Phi) is 16.0. The van der Waals surface area contributed by atoms with Crippen molar-refractivity contribution in [3.8, 4) is 12.3 Å². The third kappa shape index (κ3) is 16.8. The van der Waals surface area contributed by atoms with Crippen molar-refractivity contribution in [3.63, 3.8) is 0 Å². The predicted octanol–water partition coefficient (Wildman–Crippen LogP) is 0.602. The summed E-state index contributed by atoms with van der Waals surface area (Å²) in [6.07, 6.45) is 6.45. The summed E-state index contributed by atoms with van der Waals surface area (Å²) in [6, 6.07) is 0. The molecule has 0 unspecified atom stereocenters. The van der Waals surface area contributed by atoms with E-state index in [9.17, 15) is 4.79 Å². The fourth-order valence-corrected chi connectivity index (χ4v) is 1.37. The lowest BCUT2D eigenvalue weighted by atomic mass is 10.3. The lowest BCUT2D eigenvalue weighted by Crippen LogP contribution is -2.27. The minimum absolute atomic E-state index is 0.0701. The van der Waals surface area contributed by atoms with E-state index in [2.05, 4.69) is 11.2 Å². The molecule has 6 heteroatoms. The van der Waals surface area contributed by atoms with Crippen molar-refractivity contribution in [2.45, 2.75) is 19.8 Å². The van der Waals surface area contributed by atoms with Crippen LogP contribution in [-0.4, -0.2) is 65.3 Å². The van der Waals surface area contributed by atoms with E-state index in [4.69, 9.17) is 25.4 Å². The minimum atomic E-state index is 0.0701. The Hall–Kier alpha value is -1.13. The Morgan fingerprint density at radius 3 is 2.00 bits per heavy atom. The number of rotatable bonds is 15. The van der Waals surface area contributed by atoms with Crippen LogP contribution in [0.25, 0.3) is 0 Å².